The molecular formula is C15H15N3O2S. The molecule has 3 aromatic rings. The van der Waals surface area contributed by atoms with Crippen LogP contribution in [-0.2, 0) is 23.3 Å². The SMILES string of the molecule is Cn1c(Cc2ccccc2)cc2cnc(S(C)(=O)=O)nc21. The van der Waals surface area contributed by atoms with E-state index in [2.05, 4.69) is 22.1 Å². The Morgan fingerprint density at radius 1 is 1.19 bits per heavy atom. The van der Waals surface area contributed by atoms with E-state index in [4.69, 9.17) is 0 Å². The van der Waals surface area contributed by atoms with Gasteiger partial charge in [0.15, 0.2) is 0 Å². The van der Waals surface area contributed by atoms with E-state index in [9.17, 15) is 8.42 Å². The van der Waals surface area contributed by atoms with Crippen LogP contribution < -0.4 is 0 Å². The number of aromatic nitrogens is 3. The summed E-state index contributed by atoms with van der Waals surface area (Å²) in [5, 5.41) is 0.707. The van der Waals surface area contributed by atoms with Crippen molar-refractivity contribution in [1.29, 1.82) is 0 Å². The van der Waals surface area contributed by atoms with Crippen LogP contribution in [0.1, 0.15) is 11.3 Å². The van der Waals surface area contributed by atoms with Gasteiger partial charge in [-0.2, -0.15) is 4.98 Å². The Morgan fingerprint density at radius 3 is 2.57 bits per heavy atom. The van der Waals surface area contributed by atoms with Gasteiger partial charge in [-0.05, 0) is 11.6 Å². The third-order valence-electron chi connectivity index (χ3n) is 3.40. The maximum absolute atomic E-state index is 11.6. The average Bonchev–Trinajstić information content (AvgIpc) is 2.75. The summed E-state index contributed by atoms with van der Waals surface area (Å²) in [5.74, 6) is 0. The fourth-order valence-electron chi connectivity index (χ4n) is 2.30. The lowest BCUT2D eigenvalue weighted by atomic mass is 10.1. The normalized spacial score (nSPS) is 11.9. The first-order chi connectivity index (χ1) is 9.95. The summed E-state index contributed by atoms with van der Waals surface area (Å²) in [6.45, 7) is 0. The summed E-state index contributed by atoms with van der Waals surface area (Å²) in [4.78, 5) is 8.10. The van der Waals surface area contributed by atoms with Gasteiger partial charge in [0.25, 0.3) is 0 Å². The first kappa shape index (κ1) is 13.8. The molecule has 6 heteroatoms. The molecule has 0 saturated carbocycles. The largest absolute Gasteiger partial charge is 0.332 e. The van der Waals surface area contributed by atoms with Gasteiger partial charge < -0.3 is 4.57 Å². The highest BCUT2D eigenvalue weighted by molar-refractivity contribution is 7.90. The molecule has 0 aliphatic carbocycles. The van der Waals surface area contributed by atoms with Crippen molar-refractivity contribution >= 4 is 20.9 Å². The van der Waals surface area contributed by atoms with Crippen molar-refractivity contribution in [1.82, 2.24) is 14.5 Å². The van der Waals surface area contributed by atoms with Gasteiger partial charge in [0.2, 0.25) is 15.0 Å². The van der Waals surface area contributed by atoms with Gasteiger partial charge in [-0.25, -0.2) is 13.4 Å². The number of sulfone groups is 1. The fraction of sp³-hybridized carbons (Fsp3) is 0.200. The zero-order valence-corrected chi connectivity index (χ0v) is 12.6. The van der Waals surface area contributed by atoms with Crippen LogP contribution in [0.25, 0.3) is 11.0 Å². The molecule has 0 spiro atoms. The predicted octanol–water partition coefficient (Wildman–Crippen LogP) is 1.96. The lowest BCUT2D eigenvalue weighted by molar-refractivity contribution is 0.593. The Balaban J connectivity index is 2.08. The van der Waals surface area contributed by atoms with Crippen molar-refractivity contribution in [2.24, 2.45) is 7.05 Å². The first-order valence-electron chi connectivity index (χ1n) is 6.50. The average molecular weight is 301 g/mol. The van der Waals surface area contributed by atoms with Crippen LogP contribution in [0.2, 0.25) is 0 Å². The highest BCUT2D eigenvalue weighted by Gasteiger charge is 2.14. The van der Waals surface area contributed by atoms with E-state index in [0.29, 0.717) is 5.65 Å². The third kappa shape index (κ3) is 2.67. The first-order valence-corrected chi connectivity index (χ1v) is 8.39. The van der Waals surface area contributed by atoms with E-state index in [-0.39, 0.29) is 5.16 Å². The molecule has 3 rings (SSSR count). The molecule has 0 bridgehead atoms. The monoisotopic (exact) mass is 301 g/mol. The number of benzene rings is 1. The topological polar surface area (TPSA) is 64.8 Å². The molecule has 21 heavy (non-hydrogen) atoms. The third-order valence-corrected chi connectivity index (χ3v) is 4.26. The second kappa shape index (κ2) is 4.96. The molecule has 0 N–H and O–H groups in total. The lowest BCUT2D eigenvalue weighted by Crippen LogP contribution is -2.05. The summed E-state index contributed by atoms with van der Waals surface area (Å²) in [6, 6.07) is 12.1. The van der Waals surface area contributed by atoms with Gasteiger partial charge in [-0.3, -0.25) is 0 Å². The minimum Gasteiger partial charge on any atom is -0.332 e. The van der Waals surface area contributed by atoms with Gasteiger partial charge >= 0.3 is 0 Å². The van der Waals surface area contributed by atoms with Crippen LogP contribution >= 0.6 is 0 Å². The van der Waals surface area contributed by atoms with Crippen LogP contribution in [0, 0.1) is 0 Å². The number of hydrogen-bond donors (Lipinski definition) is 0. The van der Waals surface area contributed by atoms with E-state index >= 15 is 0 Å². The zero-order chi connectivity index (χ0) is 15.0. The number of fused-ring (bicyclic) bond motifs is 1. The number of aryl methyl sites for hydroxylation is 1. The smallest absolute Gasteiger partial charge is 0.248 e. The minimum atomic E-state index is -3.40. The summed E-state index contributed by atoms with van der Waals surface area (Å²) in [5.41, 5.74) is 2.90. The van der Waals surface area contributed by atoms with Crippen molar-refractivity contribution in [3.8, 4) is 0 Å². The number of rotatable bonds is 3. The molecule has 2 heterocycles. The Bertz CT molecular complexity index is 899. The molecule has 1 aromatic carbocycles. The van der Waals surface area contributed by atoms with Crippen molar-refractivity contribution in [3.63, 3.8) is 0 Å². The van der Waals surface area contributed by atoms with E-state index in [0.717, 1.165) is 23.8 Å². The van der Waals surface area contributed by atoms with Gasteiger partial charge in [-0.1, -0.05) is 30.3 Å². The molecule has 2 aromatic heterocycles. The molecule has 0 radical (unpaired) electrons. The molecule has 0 atom stereocenters. The molecule has 0 unspecified atom stereocenters. The molecule has 5 nitrogen and oxygen atoms in total. The second-order valence-corrected chi connectivity index (χ2v) is 6.97. The maximum Gasteiger partial charge on any atom is 0.248 e. The standard InChI is InChI=1S/C15H15N3O2S/c1-18-13(8-11-6-4-3-5-7-11)9-12-10-16-15(17-14(12)18)21(2,19)20/h3-7,9-10H,8H2,1-2H3. The maximum atomic E-state index is 11.6. The molecule has 0 fully saturated rings. The van der Waals surface area contributed by atoms with Crippen molar-refractivity contribution in [2.45, 2.75) is 11.6 Å². The Morgan fingerprint density at radius 2 is 1.90 bits per heavy atom. The van der Waals surface area contributed by atoms with Crippen LogP contribution in [0.4, 0.5) is 0 Å². The highest BCUT2D eigenvalue weighted by atomic mass is 32.2. The van der Waals surface area contributed by atoms with Gasteiger partial charge in [0.1, 0.15) is 5.65 Å². The lowest BCUT2D eigenvalue weighted by Gasteiger charge is -2.04. The minimum absolute atomic E-state index is 0.137. The Labute approximate surface area is 123 Å². The molecule has 108 valence electrons. The van der Waals surface area contributed by atoms with Crippen LogP contribution in [0.5, 0.6) is 0 Å². The predicted molar refractivity (Wildman–Crippen MR) is 80.9 cm³/mol. The van der Waals surface area contributed by atoms with E-state index in [1.54, 1.807) is 6.20 Å². The van der Waals surface area contributed by atoms with Gasteiger partial charge in [-0.15, -0.1) is 0 Å². The Kier molecular flexibility index (Phi) is 3.25. The fourth-order valence-corrected chi connectivity index (χ4v) is 2.80. The quantitative estimate of drug-likeness (QED) is 0.694. The van der Waals surface area contributed by atoms with Crippen molar-refractivity contribution < 1.29 is 8.42 Å². The number of hydrogen-bond acceptors (Lipinski definition) is 4. The van der Waals surface area contributed by atoms with Gasteiger partial charge in [0, 0.05) is 37.0 Å². The van der Waals surface area contributed by atoms with Crippen molar-refractivity contribution in [2.75, 3.05) is 6.26 Å². The van der Waals surface area contributed by atoms with Crippen LogP contribution in [0.3, 0.4) is 0 Å². The van der Waals surface area contributed by atoms with E-state index in [1.165, 1.54) is 5.56 Å². The number of nitrogens with zero attached hydrogens (tertiary/aromatic N) is 3. The van der Waals surface area contributed by atoms with Crippen LogP contribution in [0.15, 0.2) is 47.8 Å². The summed E-state index contributed by atoms with van der Waals surface area (Å²) < 4.78 is 25.0. The van der Waals surface area contributed by atoms with Crippen LogP contribution in [-0.4, -0.2) is 29.2 Å². The zero-order valence-electron chi connectivity index (χ0n) is 11.8. The summed E-state index contributed by atoms with van der Waals surface area (Å²) >= 11 is 0. The summed E-state index contributed by atoms with van der Waals surface area (Å²) in [6.07, 6.45) is 3.44. The summed E-state index contributed by atoms with van der Waals surface area (Å²) in [7, 11) is -1.51. The molecule has 0 aliphatic rings. The Hall–Kier alpha value is -2.21. The molecule has 0 aliphatic heterocycles. The molecule has 0 amide bonds. The van der Waals surface area contributed by atoms with E-state index < -0.39 is 9.84 Å². The van der Waals surface area contributed by atoms with Crippen molar-refractivity contribution in [3.05, 3.63) is 53.9 Å². The molecule has 0 saturated heterocycles. The van der Waals surface area contributed by atoms with Gasteiger partial charge in [0.05, 0.1) is 0 Å². The van der Waals surface area contributed by atoms with E-state index in [1.807, 2.05) is 35.9 Å². The molecular weight excluding hydrogens is 286 g/mol. The highest BCUT2D eigenvalue weighted by Crippen LogP contribution is 2.19. The second-order valence-electron chi connectivity index (χ2n) is 5.06.